The van der Waals surface area contributed by atoms with Crippen LogP contribution in [0.1, 0.15) is 48.0 Å². The Morgan fingerprint density at radius 3 is 2.27 bits per heavy atom. The molecule has 0 heteroatoms. The topological polar surface area (TPSA) is 0 Å². The molecule has 1 aliphatic carbocycles. The van der Waals surface area contributed by atoms with E-state index in [4.69, 9.17) is 0 Å². The Balaban J connectivity index is 0.00000116. The molecule has 0 N–H and O–H groups in total. The molecule has 1 aromatic rings. The molecule has 0 spiro atoms. The molecule has 0 amide bonds. The van der Waals surface area contributed by atoms with E-state index in [-0.39, 0.29) is 0 Å². The lowest BCUT2D eigenvalue weighted by Gasteiger charge is -2.09. The molecule has 1 aromatic carbocycles. The monoisotopic (exact) mass is 292 g/mol. The molecule has 0 unspecified atom stereocenters. The highest BCUT2D eigenvalue weighted by Gasteiger charge is 2.04. The summed E-state index contributed by atoms with van der Waals surface area (Å²) in [5.41, 5.74) is 8.53. The molecule has 0 saturated heterocycles. The number of hydrogen-bond donors (Lipinski definition) is 0. The predicted octanol–water partition coefficient (Wildman–Crippen LogP) is 5.06. The van der Waals surface area contributed by atoms with Gasteiger partial charge >= 0.3 is 0 Å². The minimum Gasteiger partial charge on any atom is -0.117 e. The highest BCUT2D eigenvalue weighted by atomic mass is 14.1. The van der Waals surface area contributed by atoms with E-state index in [1.54, 1.807) is 0 Å². The van der Waals surface area contributed by atoms with E-state index in [0.717, 1.165) is 6.42 Å². The second kappa shape index (κ2) is 9.07. The van der Waals surface area contributed by atoms with Crippen LogP contribution in [0, 0.1) is 0 Å². The van der Waals surface area contributed by atoms with Crippen molar-refractivity contribution in [3.05, 3.63) is 75.9 Å². The molecule has 0 bridgehead atoms. The summed E-state index contributed by atoms with van der Waals surface area (Å²) in [6, 6.07) is 8.64. The van der Waals surface area contributed by atoms with Gasteiger partial charge in [0.15, 0.2) is 0 Å². The summed E-state index contributed by atoms with van der Waals surface area (Å²) in [6.07, 6.45) is 9.49. The van der Waals surface area contributed by atoms with E-state index in [2.05, 4.69) is 75.9 Å². The minimum absolute atomic E-state index is 0.971. The quantitative estimate of drug-likeness (QED) is 0.635. The van der Waals surface area contributed by atoms with Crippen LogP contribution < -0.4 is 10.4 Å². The van der Waals surface area contributed by atoms with Crippen molar-refractivity contribution in [2.24, 2.45) is 0 Å². The molecule has 0 saturated carbocycles. The molecular weight excluding hydrogens is 264 g/mol. The van der Waals surface area contributed by atoms with E-state index < -0.39 is 0 Å². The molecule has 0 aliphatic heterocycles. The largest absolute Gasteiger partial charge is 0.117 e. The molecule has 116 valence electrons. The van der Waals surface area contributed by atoms with Gasteiger partial charge in [-0.15, -0.1) is 5.73 Å². The maximum Gasteiger partial charge on any atom is -0.00192 e. The van der Waals surface area contributed by atoms with Crippen molar-refractivity contribution in [2.75, 3.05) is 0 Å². The number of benzene rings is 1. The third-order valence-electron chi connectivity index (χ3n) is 3.67. The van der Waals surface area contributed by atoms with Gasteiger partial charge in [-0.2, -0.15) is 0 Å². The van der Waals surface area contributed by atoms with E-state index in [9.17, 15) is 0 Å². The fourth-order valence-electron chi connectivity index (χ4n) is 2.56. The third kappa shape index (κ3) is 4.48. The smallest absolute Gasteiger partial charge is 0.00192 e. The Kier molecular flexibility index (Phi) is 7.43. The van der Waals surface area contributed by atoms with Gasteiger partial charge in [-0.3, -0.25) is 0 Å². The predicted molar refractivity (Wildman–Crippen MR) is 100.0 cm³/mol. The summed E-state index contributed by atoms with van der Waals surface area (Å²) >= 11 is 0. The van der Waals surface area contributed by atoms with Gasteiger partial charge in [0, 0.05) is 0 Å². The highest BCUT2D eigenvalue weighted by Crippen LogP contribution is 2.19. The van der Waals surface area contributed by atoms with Gasteiger partial charge in [-0.1, -0.05) is 61.9 Å². The first-order chi connectivity index (χ1) is 10.6. The van der Waals surface area contributed by atoms with Crippen molar-refractivity contribution < 1.29 is 0 Å². The molecule has 0 fully saturated rings. The molecule has 0 nitrogen and oxygen atoms in total. The van der Waals surface area contributed by atoms with Crippen LogP contribution in [-0.4, -0.2) is 0 Å². The van der Waals surface area contributed by atoms with Gasteiger partial charge < -0.3 is 0 Å². The second-order valence-electron chi connectivity index (χ2n) is 5.39. The van der Waals surface area contributed by atoms with Crippen molar-refractivity contribution >= 4 is 11.1 Å². The van der Waals surface area contributed by atoms with Gasteiger partial charge in [-0.05, 0) is 67.3 Å². The van der Waals surface area contributed by atoms with E-state index in [1.807, 2.05) is 19.9 Å². The fraction of sp³-hybridized carbons (Fsp3) is 0.318. The van der Waals surface area contributed by atoms with Gasteiger partial charge in [0.25, 0.3) is 0 Å². The molecule has 0 aromatic heterocycles. The Labute approximate surface area is 135 Å². The first-order valence-corrected chi connectivity index (χ1v) is 8.14. The van der Waals surface area contributed by atoms with Crippen molar-refractivity contribution in [3.63, 3.8) is 0 Å². The standard InChI is InChI=1S/C20H22.C2H6/c1-15(2)18-12-9-10-14-20(18)17(4)19-13-8-6-5-7-11-16(19)3;1-2/h5-7,9-10,12-14H,8H2,1-4H3;1-2H3/b6-5-,19-13+,20-17-;. The fourth-order valence-corrected chi connectivity index (χ4v) is 2.56. The van der Waals surface area contributed by atoms with Gasteiger partial charge in [0.2, 0.25) is 0 Å². The Morgan fingerprint density at radius 2 is 1.64 bits per heavy atom. The van der Waals surface area contributed by atoms with Crippen LogP contribution in [0.4, 0.5) is 0 Å². The molecule has 0 heterocycles. The number of allylic oxidation sites excluding steroid dienone is 5. The third-order valence-corrected chi connectivity index (χ3v) is 3.67. The number of rotatable bonds is 1. The van der Waals surface area contributed by atoms with Crippen molar-refractivity contribution in [3.8, 4) is 0 Å². The lowest BCUT2D eigenvalue weighted by molar-refractivity contribution is 1.29. The summed E-state index contributed by atoms with van der Waals surface area (Å²) in [5.74, 6) is 0. The van der Waals surface area contributed by atoms with Crippen LogP contribution in [0.25, 0.3) is 11.1 Å². The molecule has 1 aliphatic rings. The molecule has 22 heavy (non-hydrogen) atoms. The summed E-state index contributed by atoms with van der Waals surface area (Å²) in [6.45, 7) is 12.7. The molecule has 2 rings (SSSR count). The highest BCUT2D eigenvalue weighted by molar-refractivity contribution is 5.70. The molecular formula is C22H28. The maximum absolute atomic E-state index is 3.34. The van der Waals surface area contributed by atoms with Crippen LogP contribution >= 0.6 is 0 Å². The van der Waals surface area contributed by atoms with Crippen LogP contribution in [0.3, 0.4) is 0 Å². The van der Waals surface area contributed by atoms with Crippen LogP contribution in [0.15, 0.2) is 65.4 Å². The maximum atomic E-state index is 3.34. The van der Waals surface area contributed by atoms with Crippen molar-refractivity contribution in [1.82, 2.24) is 0 Å². The Bertz CT molecular complexity index is 741. The SMILES string of the molecule is CC.CC1=C=C/C=C\C/C=C1/C(C)=c1/ccccc1=C(C)C. The van der Waals surface area contributed by atoms with E-state index in [0.29, 0.717) is 0 Å². The van der Waals surface area contributed by atoms with Crippen molar-refractivity contribution in [2.45, 2.75) is 48.0 Å². The molecule has 0 radical (unpaired) electrons. The zero-order valence-corrected chi connectivity index (χ0v) is 14.8. The van der Waals surface area contributed by atoms with Gasteiger partial charge in [-0.25, -0.2) is 0 Å². The first kappa shape index (κ1) is 18.0. The van der Waals surface area contributed by atoms with Crippen molar-refractivity contribution in [1.29, 1.82) is 0 Å². The summed E-state index contributed by atoms with van der Waals surface area (Å²) in [7, 11) is 0. The zero-order valence-electron chi connectivity index (χ0n) is 14.8. The Hall–Kier alpha value is -2.04. The van der Waals surface area contributed by atoms with Crippen LogP contribution in [0.2, 0.25) is 0 Å². The average molecular weight is 292 g/mol. The van der Waals surface area contributed by atoms with Crippen LogP contribution in [0.5, 0.6) is 0 Å². The van der Waals surface area contributed by atoms with E-state index in [1.165, 1.54) is 32.7 Å². The van der Waals surface area contributed by atoms with Gasteiger partial charge in [0.05, 0.1) is 0 Å². The summed E-state index contributed by atoms with van der Waals surface area (Å²) in [4.78, 5) is 0. The van der Waals surface area contributed by atoms with Crippen LogP contribution in [-0.2, 0) is 0 Å². The van der Waals surface area contributed by atoms with Gasteiger partial charge in [0.1, 0.15) is 0 Å². The lowest BCUT2D eigenvalue weighted by Crippen LogP contribution is -2.28. The molecule has 0 atom stereocenters. The zero-order chi connectivity index (χ0) is 16.5. The minimum atomic E-state index is 0.971. The van der Waals surface area contributed by atoms with E-state index >= 15 is 0 Å². The summed E-state index contributed by atoms with van der Waals surface area (Å²) in [5, 5.41) is 2.66. The Morgan fingerprint density at radius 1 is 1.00 bits per heavy atom. The summed E-state index contributed by atoms with van der Waals surface area (Å²) < 4.78 is 0. The first-order valence-electron chi connectivity index (χ1n) is 8.14. The normalized spacial score (nSPS) is 18.6. The average Bonchev–Trinajstić information content (AvgIpc) is 2.52. The lowest BCUT2D eigenvalue weighted by atomic mass is 9.95. The second-order valence-corrected chi connectivity index (χ2v) is 5.39. The number of hydrogen-bond acceptors (Lipinski definition) is 0.